The summed E-state index contributed by atoms with van der Waals surface area (Å²) in [6.45, 7) is 0.181. The van der Waals surface area contributed by atoms with Crippen LogP contribution in [-0.4, -0.2) is 31.3 Å². The molecule has 0 aliphatic rings. The fourth-order valence-electron chi connectivity index (χ4n) is 2.16. The highest BCUT2D eigenvalue weighted by Gasteiger charge is 2.17. The van der Waals surface area contributed by atoms with Gasteiger partial charge in [0.15, 0.2) is 0 Å². The number of aromatic hydroxyl groups is 1. The molecule has 120 valence electrons. The van der Waals surface area contributed by atoms with E-state index >= 15 is 0 Å². The summed E-state index contributed by atoms with van der Waals surface area (Å²) in [6.07, 6.45) is 0.555. The number of Topliss-reactive ketones (excluding diaryl/α,β-unsaturated/α-hetero) is 1. The van der Waals surface area contributed by atoms with Crippen LogP contribution in [-0.2, 0) is 16.1 Å². The first-order chi connectivity index (χ1) is 11.2. The van der Waals surface area contributed by atoms with Crippen LogP contribution in [0.4, 0.5) is 0 Å². The van der Waals surface area contributed by atoms with E-state index in [1.165, 1.54) is 19.4 Å². The van der Waals surface area contributed by atoms with Crippen LogP contribution in [0.25, 0.3) is 0 Å². The molecular formula is C18H19NO4. The number of benzene rings is 2. The van der Waals surface area contributed by atoms with Crippen LogP contribution in [0.15, 0.2) is 53.5 Å². The number of phenols is 1. The number of hydrogen-bond donors (Lipinski definition) is 1. The third-order valence-corrected chi connectivity index (χ3v) is 3.36. The lowest BCUT2D eigenvalue weighted by Crippen LogP contribution is -2.15. The third-order valence-electron chi connectivity index (χ3n) is 3.36. The van der Waals surface area contributed by atoms with Crippen molar-refractivity contribution in [3.63, 3.8) is 0 Å². The highest BCUT2D eigenvalue weighted by Crippen LogP contribution is 2.23. The van der Waals surface area contributed by atoms with Crippen molar-refractivity contribution < 1.29 is 19.4 Å². The standard InChI is InChI=1S/C18H19NO4/c1-22-15-8-9-16(20)14(10-15)11-19-12-17(21)18(23-2)13-6-4-3-5-7-13/h3-10,12,18,20H,11H2,1-2H3. The molecule has 0 fully saturated rings. The fraction of sp³-hybridized carbons (Fsp3) is 0.222. The van der Waals surface area contributed by atoms with Gasteiger partial charge in [-0.2, -0.15) is 0 Å². The van der Waals surface area contributed by atoms with Crippen LogP contribution < -0.4 is 4.74 Å². The molecule has 0 saturated heterocycles. The van der Waals surface area contributed by atoms with Gasteiger partial charge in [-0.15, -0.1) is 0 Å². The Morgan fingerprint density at radius 2 is 1.96 bits per heavy atom. The zero-order valence-corrected chi connectivity index (χ0v) is 13.1. The van der Waals surface area contributed by atoms with E-state index in [4.69, 9.17) is 9.47 Å². The highest BCUT2D eigenvalue weighted by atomic mass is 16.5. The van der Waals surface area contributed by atoms with E-state index in [0.29, 0.717) is 11.3 Å². The van der Waals surface area contributed by atoms with Gasteiger partial charge in [-0.1, -0.05) is 30.3 Å². The van der Waals surface area contributed by atoms with E-state index in [0.717, 1.165) is 5.56 Å². The maximum absolute atomic E-state index is 12.2. The average molecular weight is 313 g/mol. The zero-order chi connectivity index (χ0) is 16.7. The summed E-state index contributed by atoms with van der Waals surface area (Å²) < 4.78 is 10.4. The van der Waals surface area contributed by atoms with Gasteiger partial charge in [0.1, 0.15) is 17.6 Å². The van der Waals surface area contributed by atoms with Gasteiger partial charge >= 0.3 is 0 Å². The fourth-order valence-corrected chi connectivity index (χ4v) is 2.16. The lowest BCUT2D eigenvalue weighted by molar-refractivity contribution is -0.122. The molecule has 1 atom stereocenters. The first-order valence-electron chi connectivity index (χ1n) is 7.13. The number of ketones is 1. The number of methoxy groups -OCH3 is 2. The van der Waals surface area contributed by atoms with Gasteiger partial charge in [0.05, 0.1) is 19.9 Å². The molecule has 1 N–H and O–H groups in total. The molecule has 2 aromatic carbocycles. The molecule has 0 amide bonds. The van der Waals surface area contributed by atoms with E-state index in [1.807, 2.05) is 30.3 Å². The van der Waals surface area contributed by atoms with Crippen molar-refractivity contribution in [2.45, 2.75) is 12.6 Å². The van der Waals surface area contributed by atoms with Crippen molar-refractivity contribution in [3.05, 3.63) is 59.7 Å². The summed E-state index contributed by atoms with van der Waals surface area (Å²) in [5, 5.41) is 9.79. The van der Waals surface area contributed by atoms with Crippen molar-refractivity contribution >= 4 is 12.0 Å². The average Bonchev–Trinajstić information content (AvgIpc) is 2.58. The van der Waals surface area contributed by atoms with Crippen molar-refractivity contribution in [2.24, 2.45) is 4.99 Å². The summed E-state index contributed by atoms with van der Waals surface area (Å²) >= 11 is 0. The molecule has 0 aliphatic carbocycles. The van der Waals surface area contributed by atoms with Gasteiger partial charge in [-0.3, -0.25) is 9.79 Å². The molecule has 5 heteroatoms. The minimum Gasteiger partial charge on any atom is -0.508 e. The largest absolute Gasteiger partial charge is 0.508 e. The molecule has 23 heavy (non-hydrogen) atoms. The number of rotatable bonds is 7. The normalized spacial score (nSPS) is 12.3. The van der Waals surface area contributed by atoms with Gasteiger partial charge in [0.25, 0.3) is 0 Å². The highest BCUT2D eigenvalue weighted by molar-refractivity contribution is 6.29. The van der Waals surface area contributed by atoms with E-state index in [2.05, 4.69) is 4.99 Å². The van der Waals surface area contributed by atoms with E-state index in [-0.39, 0.29) is 18.1 Å². The van der Waals surface area contributed by atoms with Crippen molar-refractivity contribution in [2.75, 3.05) is 14.2 Å². The molecule has 0 bridgehead atoms. The van der Waals surface area contributed by atoms with E-state index in [9.17, 15) is 9.90 Å². The predicted octanol–water partition coefficient (Wildman–Crippen LogP) is 2.93. The van der Waals surface area contributed by atoms with Crippen LogP contribution in [0.3, 0.4) is 0 Å². The monoisotopic (exact) mass is 313 g/mol. The van der Waals surface area contributed by atoms with Gasteiger partial charge in [-0.25, -0.2) is 0 Å². The van der Waals surface area contributed by atoms with Crippen LogP contribution in [0, 0.1) is 0 Å². The number of phenolic OH excluding ortho intramolecular Hbond substituents is 1. The predicted molar refractivity (Wildman–Crippen MR) is 88.1 cm³/mol. The van der Waals surface area contributed by atoms with Gasteiger partial charge in [-0.05, 0) is 23.8 Å². The van der Waals surface area contributed by atoms with Crippen molar-refractivity contribution in [1.29, 1.82) is 0 Å². The molecule has 0 aromatic heterocycles. The molecule has 2 rings (SSSR count). The first kappa shape index (κ1) is 16.7. The number of aliphatic imine (C=N–C) groups is 1. The molecule has 5 nitrogen and oxygen atoms in total. The van der Waals surface area contributed by atoms with Gasteiger partial charge < -0.3 is 14.6 Å². The molecular weight excluding hydrogens is 294 g/mol. The maximum atomic E-state index is 12.2. The Kier molecular flexibility index (Phi) is 5.88. The van der Waals surface area contributed by atoms with E-state index < -0.39 is 6.10 Å². The van der Waals surface area contributed by atoms with Crippen LogP contribution in [0.5, 0.6) is 11.5 Å². The molecule has 0 heterocycles. The summed E-state index contributed by atoms with van der Waals surface area (Å²) in [4.78, 5) is 16.3. The number of hydrogen-bond acceptors (Lipinski definition) is 5. The SMILES string of the molecule is COc1ccc(O)c(CN=CC(=O)C(OC)c2ccccc2)c1. The Bertz CT molecular complexity index is 683. The van der Waals surface area contributed by atoms with Gasteiger partial charge in [0, 0.05) is 12.7 Å². The number of carbonyl (C=O) groups is 1. The van der Waals surface area contributed by atoms with Gasteiger partial charge in [0.2, 0.25) is 5.78 Å². The minimum absolute atomic E-state index is 0.113. The molecule has 1 unspecified atom stereocenters. The Morgan fingerprint density at radius 1 is 1.22 bits per heavy atom. The zero-order valence-electron chi connectivity index (χ0n) is 13.1. The van der Waals surface area contributed by atoms with Crippen LogP contribution >= 0.6 is 0 Å². The topological polar surface area (TPSA) is 68.1 Å². The first-order valence-corrected chi connectivity index (χ1v) is 7.13. The Hall–Kier alpha value is -2.66. The molecule has 0 saturated carbocycles. The second-order valence-electron chi connectivity index (χ2n) is 4.89. The Balaban J connectivity index is 2.06. The summed E-state index contributed by atoms with van der Waals surface area (Å²) in [7, 11) is 3.03. The lowest BCUT2D eigenvalue weighted by Gasteiger charge is -2.11. The van der Waals surface area contributed by atoms with Crippen LogP contribution in [0.1, 0.15) is 17.2 Å². The van der Waals surface area contributed by atoms with Crippen LogP contribution in [0.2, 0.25) is 0 Å². The number of ether oxygens (including phenoxy) is 2. The third kappa shape index (κ3) is 4.40. The molecule has 0 spiro atoms. The summed E-state index contributed by atoms with van der Waals surface area (Å²) in [5.74, 6) is 0.487. The molecule has 0 radical (unpaired) electrons. The smallest absolute Gasteiger partial charge is 0.206 e. The number of carbonyl (C=O) groups excluding carboxylic acids is 1. The van der Waals surface area contributed by atoms with Crippen molar-refractivity contribution in [3.8, 4) is 11.5 Å². The summed E-state index contributed by atoms with van der Waals surface area (Å²) in [6, 6.07) is 14.1. The minimum atomic E-state index is -0.682. The maximum Gasteiger partial charge on any atom is 0.206 e. The second kappa shape index (κ2) is 8.10. The quantitative estimate of drug-likeness (QED) is 0.798. The number of nitrogens with zero attached hydrogens (tertiary/aromatic N) is 1. The second-order valence-corrected chi connectivity index (χ2v) is 4.89. The summed E-state index contributed by atoms with van der Waals surface area (Å²) in [5.41, 5.74) is 1.36. The Morgan fingerprint density at radius 3 is 2.61 bits per heavy atom. The lowest BCUT2D eigenvalue weighted by atomic mass is 10.1. The molecule has 0 aliphatic heterocycles. The van der Waals surface area contributed by atoms with E-state index in [1.54, 1.807) is 19.2 Å². The molecule has 2 aromatic rings. The Labute approximate surface area is 135 Å². The van der Waals surface area contributed by atoms with Crippen molar-refractivity contribution in [1.82, 2.24) is 0 Å².